The second-order valence-electron chi connectivity index (χ2n) is 8.52. The second kappa shape index (κ2) is 9.55. The number of hydrogen-bond acceptors (Lipinski definition) is 0. The molecule has 0 bridgehead atoms. The third-order valence-corrected chi connectivity index (χ3v) is 6.77. The lowest BCUT2D eigenvalue weighted by Crippen LogP contribution is -2.15. The summed E-state index contributed by atoms with van der Waals surface area (Å²) in [6.45, 7) is 2.34. The Bertz CT molecular complexity index is 514. The fourth-order valence-electron chi connectivity index (χ4n) is 4.79. The van der Waals surface area contributed by atoms with Crippen LogP contribution in [0, 0.1) is 29.5 Å². The predicted octanol–water partition coefficient (Wildman–Crippen LogP) is 7.34. The molecular formula is C24H35F. The average Bonchev–Trinajstić information content (AvgIpc) is 2.67. The Morgan fingerprint density at radius 3 is 1.84 bits per heavy atom. The normalized spacial score (nSPS) is 30.6. The maximum Gasteiger partial charge on any atom is 0.123 e. The van der Waals surface area contributed by atoms with Crippen LogP contribution in [0.1, 0.15) is 76.7 Å². The summed E-state index contributed by atoms with van der Waals surface area (Å²) in [5.41, 5.74) is 1.28. The third-order valence-electron chi connectivity index (χ3n) is 6.77. The minimum absolute atomic E-state index is 0.126. The highest BCUT2D eigenvalue weighted by molar-refractivity contribution is 5.16. The second-order valence-corrected chi connectivity index (χ2v) is 8.52. The van der Waals surface area contributed by atoms with E-state index in [0.29, 0.717) is 0 Å². The minimum Gasteiger partial charge on any atom is -0.207 e. The zero-order valence-corrected chi connectivity index (χ0v) is 15.9. The topological polar surface area (TPSA) is 0 Å². The van der Waals surface area contributed by atoms with Crippen LogP contribution in [0.2, 0.25) is 0 Å². The van der Waals surface area contributed by atoms with Gasteiger partial charge in [-0.25, -0.2) is 4.39 Å². The standard InChI is InChI=1S/C24H35F/c1-2-19-3-5-20(6-4-19)7-8-21-9-11-22(12-10-21)13-14-23-15-17-24(25)18-16-23/h7-8,15-22H,2-6,9-14H2,1H3/t19-,20-,21-,22-. The van der Waals surface area contributed by atoms with Crippen molar-refractivity contribution in [2.45, 2.75) is 77.6 Å². The van der Waals surface area contributed by atoms with Crippen molar-refractivity contribution in [1.29, 1.82) is 0 Å². The van der Waals surface area contributed by atoms with Gasteiger partial charge in [0.15, 0.2) is 0 Å². The van der Waals surface area contributed by atoms with Gasteiger partial charge in [-0.15, -0.1) is 0 Å². The van der Waals surface area contributed by atoms with Crippen LogP contribution in [-0.4, -0.2) is 0 Å². The number of hydrogen-bond donors (Lipinski definition) is 0. The average molecular weight is 343 g/mol. The van der Waals surface area contributed by atoms with Crippen molar-refractivity contribution in [2.24, 2.45) is 23.7 Å². The van der Waals surface area contributed by atoms with E-state index in [-0.39, 0.29) is 5.82 Å². The van der Waals surface area contributed by atoms with Crippen molar-refractivity contribution in [2.75, 3.05) is 0 Å². The molecule has 0 aliphatic heterocycles. The molecule has 25 heavy (non-hydrogen) atoms. The maximum absolute atomic E-state index is 13.0. The first kappa shape index (κ1) is 18.7. The maximum atomic E-state index is 13.0. The summed E-state index contributed by atoms with van der Waals surface area (Å²) in [5.74, 6) is 3.43. The van der Waals surface area contributed by atoms with Gasteiger partial charge < -0.3 is 0 Å². The van der Waals surface area contributed by atoms with Gasteiger partial charge in [-0.1, -0.05) is 37.6 Å². The number of benzene rings is 1. The van der Waals surface area contributed by atoms with Gasteiger partial charge in [0.05, 0.1) is 0 Å². The van der Waals surface area contributed by atoms with Gasteiger partial charge in [0, 0.05) is 0 Å². The van der Waals surface area contributed by atoms with Crippen LogP contribution >= 0.6 is 0 Å². The van der Waals surface area contributed by atoms with Crippen LogP contribution in [-0.2, 0) is 6.42 Å². The zero-order valence-electron chi connectivity index (χ0n) is 15.9. The van der Waals surface area contributed by atoms with Crippen molar-refractivity contribution in [3.63, 3.8) is 0 Å². The van der Waals surface area contributed by atoms with Gasteiger partial charge in [0.2, 0.25) is 0 Å². The van der Waals surface area contributed by atoms with E-state index in [9.17, 15) is 4.39 Å². The predicted molar refractivity (Wildman–Crippen MR) is 105 cm³/mol. The van der Waals surface area contributed by atoms with E-state index in [4.69, 9.17) is 0 Å². The SMILES string of the molecule is CC[C@H]1CC[C@H](C=C[C@H]2CC[C@H](CCc3ccc(F)cc3)CC2)CC1. The first-order valence-electron chi connectivity index (χ1n) is 10.7. The first-order chi connectivity index (χ1) is 12.2. The van der Waals surface area contributed by atoms with Gasteiger partial charge in [-0.05, 0) is 106 Å². The van der Waals surface area contributed by atoms with E-state index in [0.717, 1.165) is 30.1 Å². The van der Waals surface area contributed by atoms with E-state index in [1.807, 2.05) is 12.1 Å². The lowest BCUT2D eigenvalue weighted by Gasteiger charge is -2.28. The lowest BCUT2D eigenvalue weighted by atomic mass is 9.77. The summed E-state index contributed by atoms with van der Waals surface area (Å²) >= 11 is 0. The molecule has 2 aliphatic carbocycles. The van der Waals surface area contributed by atoms with Crippen molar-refractivity contribution in [1.82, 2.24) is 0 Å². The van der Waals surface area contributed by atoms with E-state index in [2.05, 4.69) is 19.1 Å². The fraction of sp³-hybridized carbons (Fsp3) is 0.667. The number of aryl methyl sites for hydroxylation is 1. The molecule has 0 nitrogen and oxygen atoms in total. The molecule has 0 saturated heterocycles. The van der Waals surface area contributed by atoms with Crippen molar-refractivity contribution in [3.8, 4) is 0 Å². The van der Waals surface area contributed by atoms with E-state index >= 15 is 0 Å². The van der Waals surface area contributed by atoms with Crippen LogP contribution < -0.4 is 0 Å². The smallest absolute Gasteiger partial charge is 0.123 e. The van der Waals surface area contributed by atoms with Crippen molar-refractivity contribution < 1.29 is 4.39 Å². The third kappa shape index (κ3) is 5.97. The molecule has 3 rings (SSSR count). The first-order valence-corrected chi connectivity index (χ1v) is 10.7. The molecule has 0 unspecified atom stereocenters. The molecular weight excluding hydrogens is 307 g/mol. The van der Waals surface area contributed by atoms with Gasteiger partial charge in [-0.3, -0.25) is 0 Å². The number of halogens is 1. The van der Waals surface area contributed by atoms with Gasteiger partial charge >= 0.3 is 0 Å². The monoisotopic (exact) mass is 342 g/mol. The van der Waals surface area contributed by atoms with Crippen LogP contribution in [0.25, 0.3) is 0 Å². The number of allylic oxidation sites excluding steroid dienone is 2. The van der Waals surface area contributed by atoms with E-state index in [1.165, 1.54) is 69.8 Å². The summed E-state index contributed by atoms with van der Waals surface area (Å²) in [6.07, 6.45) is 20.1. The highest BCUT2D eigenvalue weighted by Gasteiger charge is 2.21. The summed E-state index contributed by atoms with van der Waals surface area (Å²) in [4.78, 5) is 0. The molecule has 0 N–H and O–H groups in total. The molecule has 138 valence electrons. The van der Waals surface area contributed by atoms with E-state index in [1.54, 1.807) is 12.1 Å². The fourth-order valence-corrected chi connectivity index (χ4v) is 4.79. The Morgan fingerprint density at radius 1 is 0.800 bits per heavy atom. The molecule has 1 aromatic carbocycles. The van der Waals surface area contributed by atoms with Gasteiger partial charge in [-0.2, -0.15) is 0 Å². The van der Waals surface area contributed by atoms with Gasteiger partial charge in [0.25, 0.3) is 0 Å². The highest BCUT2D eigenvalue weighted by atomic mass is 19.1. The summed E-state index contributed by atoms with van der Waals surface area (Å²) < 4.78 is 13.0. The molecule has 0 aromatic heterocycles. The zero-order chi connectivity index (χ0) is 17.5. The molecule has 0 atom stereocenters. The molecule has 0 amide bonds. The molecule has 1 aromatic rings. The summed E-state index contributed by atoms with van der Waals surface area (Å²) in [5, 5.41) is 0. The Hall–Kier alpha value is -1.11. The Balaban J connectivity index is 1.34. The summed E-state index contributed by atoms with van der Waals surface area (Å²) in [7, 11) is 0. The largest absolute Gasteiger partial charge is 0.207 e. The molecule has 2 aliphatic rings. The molecule has 0 heterocycles. The Labute approximate surface area is 153 Å². The minimum atomic E-state index is -0.126. The van der Waals surface area contributed by atoms with Crippen molar-refractivity contribution in [3.05, 3.63) is 47.8 Å². The molecule has 2 fully saturated rings. The highest BCUT2D eigenvalue weighted by Crippen LogP contribution is 2.35. The Morgan fingerprint density at radius 2 is 1.32 bits per heavy atom. The molecule has 2 saturated carbocycles. The molecule has 1 heteroatoms. The Kier molecular flexibility index (Phi) is 7.13. The number of rotatable bonds is 6. The van der Waals surface area contributed by atoms with Crippen LogP contribution in [0.15, 0.2) is 36.4 Å². The quantitative estimate of drug-likeness (QED) is 0.474. The molecule has 0 spiro atoms. The van der Waals surface area contributed by atoms with Gasteiger partial charge in [0.1, 0.15) is 5.82 Å². The summed E-state index contributed by atoms with van der Waals surface area (Å²) in [6, 6.07) is 7.06. The van der Waals surface area contributed by atoms with Crippen LogP contribution in [0.5, 0.6) is 0 Å². The van der Waals surface area contributed by atoms with E-state index < -0.39 is 0 Å². The van der Waals surface area contributed by atoms with Crippen LogP contribution in [0.3, 0.4) is 0 Å². The molecule has 0 radical (unpaired) electrons. The van der Waals surface area contributed by atoms with Crippen LogP contribution in [0.4, 0.5) is 4.39 Å². The lowest BCUT2D eigenvalue weighted by molar-refractivity contribution is 0.289. The van der Waals surface area contributed by atoms with Crippen molar-refractivity contribution >= 4 is 0 Å².